The highest BCUT2D eigenvalue weighted by atomic mass is 19.1. The molecule has 0 radical (unpaired) electrons. The van der Waals surface area contributed by atoms with E-state index in [1.807, 2.05) is 0 Å². The van der Waals surface area contributed by atoms with Gasteiger partial charge in [0.15, 0.2) is 5.54 Å². The number of amides is 3. The van der Waals surface area contributed by atoms with E-state index in [1.165, 1.54) is 6.07 Å². The van der Waals surface area contributed by atoms with Crippen molar-refractivity contribution in [1.29, 1.82) is 0 Å². The lowest BCUT2D eigenvalue weighted by Gasteiger charge is -2.22. The van der Waals surface area contributed by atoms with E-state index in [0.29, 0.717) is 22.3 Å². The molecule has 3 amide bonds. The van der Waals surface area contributed by atoms with E-state index in [-0.39, 0.29) is 0 Å². The minimum Gasteiger partial charge on any atom is -0.316 e. The van der Waals surface area contributed by atoms with Gasteiger partial charge in [-0.3, -0.25) is 10.1 Å². The third-order valence-electron chi connectivity index (χ3n) is 3.89. The number of carbonyl (C=O) groups excluding carboxylic acids is 2. The average molecular weight is 268 g/mol. The number of hydrogen-bond acceptors (Lipinski definition) is 2. The van der Waals surface area contributed by atoms with E-state index >= 15 is 0 Å². The van der Waals surface area contributed by atoms with Crippen LogP contribution in [0.2, 0.25) is 0 Å². The molecule has 2 N–H and O–H groups in total. The van der Waals surface area contributed by atoms with Crippen LogP contribution in [0.4, 0.5) is 9.18 Å². The van der Waals surface area contributed by atoms with Crippen LogP contribution < -0.4 is 10.6 Å². The molecule has 1 unspecified atom stereocenters. The molecule has 1 aliphatic carbocycles. The second-order valence-electron chi connectivity index (χ2n) is 4.87. The minimum atomic E-state index is -1.31. The summed E-state index contributed by atoms with van der Waals surface area (Å²) in [5.74, 6) is -0.875. The first-order chi connectivity index (χ1) is 9.64. The molecule has 1 aliphatic heterocycles. The zero-order valence-corrected chi connectivity index (χ0v) is 10.2. The van der Waals surface area contributed by atoms with Crippen molar-refractivity contribution in [1.82, 2.24) is 10.6 Å². The summed E-state index contributed by atoms with van der Waals surface area (Å²) in [7, 11) is 0. The fraction of sp³-hybridized carbons (Fsp3) is 0.0667. The Hall–Kier alpha value is -2.69. The van der Waals surface area contributed by atoms with Gasteiger partial charge in [0.1, 0.15) is 5.82 Å². The Bertz CT molecular complexity index is 787. The van der Waals surface area contributed by atoms with Crippen LogP contribution in [-0.2, 0) is 10.3 Å². The molecule has 20 heavy (non-hydrogen) atoms. The van der Waals surface area contributed by atoms with Crippen molar-refractivity contribution in [2.75, 3.05) is 0 Å². The van der Waals surface area contributed by atoms with Crippen LogP contribution in [0.15, 0.2) is 42.5 Å². The Labute approximate surface area is 113 Å². The maximum absolute atomic E-state index is 14.2. The largest absolute Gasteiger partial charge is 0.322 e. The SMILES string of the molecule is O=C1NC(=O)C2(N1)c1ccccc1-c1c(F)cccc12. The van der Waals surface area contributed by atoms with Crippen molar-refractivity contribution >= 4 is 11.9 Å². The molecule has 1 spiro atoms. The molecule has 4 nitrogen and oxygen atoms in total. The molecule has 0 saturated carbocycles. The standard InChI is InChI=1S/C15H9FN2O2/c16-11-7-3-6-10-12(11)8-4-1-2-5-9(8)15(10)13(19)17-14(20)18-15/h1-7H,(H2,17,18,19,20). The highest BCUT2D eigenvalue weighted by Gasteiger charge is 2.55. The summed E-state index contributed by atoms with van der Waals surface area (Å²) >= 11 is 0. The summed E-state index contributed by atoms with van der Waals surface area (Å²) in [6, 6.07) is 11.0. The van der Waals surface area contributed by atoms with Gasteiger partial charge in [-0.15, -0.1) is 0 Å². The topological polar surface area (TPSA) is 58.2 Å². The van der Waals surface area contributed by atoms with Gasteiger partial charge < -0.3 is 5.32 Å². The van der Waals surface area contributed by atoms with Gasteiger partial charge in [-0.1, -0.05) is 36.4 Å². The first-order valence-electron chi connectivity index (χ1n) is 6.17. The van der Waals surface area contributed by atoms with Gasteiger partial charge in [0, 0.05) is 11.1 Å². The highest BCUT2D eigenvalue weighted by molar-refractivity contribution is 6.13. The Kier molecular flexibility index (Phi) is 1.92. The van der Waals surface area contributed by atoms with Gasteiger partial charge in [-0.2, -0.15) is 0 Å². The maximum Gasteiger partial charge on any atom is 0.322 e. The number of urea groups is 1. The van der Waals surface area contributed by atoms with Crippen molar-refractivity contribution in [2.45, 2.75) is 5.54 Å². The van der Waals surface area contributed by atoms with Crippen molar-refractivity contribution in [2.24, 2.45) is 0 Å². The first-order valence-corrected chi connectivity index (χ1v) is 6.17. The summed E-state index contributed by atoms with van der Waals surface area (Å²) in [6.07, 6.45) is 0. The lowest BCUT2D eigenvalue weighted by molar-refractivity contribution is -0.122. The van der Waals surface area contributed by atoms with E-state index in [4.69, 9.17) is 0 Å². The quantitative estimate of drug-likeness (QED) is 0.717. The maximum atomic E-state index is 14.2. The highest BCUT2D eigenvalue weighted by Crippen LogP contribution is 2.49. The molecule has 0 aromatic heterocycles. The van der Waals surface area contributed by atoms with E-state index in [9.17, 15) is 14.0 Å². The van der Waals surface area contributed by atoms with Gasteiger partial charge in [-0.25, -0.2) is 9.18 Å². The second kappa shape index (κ2) is 3.45. The van der Waals surface area contributed by atoms with Gasteiger partial charge in [-0.05, 0) is 17.2 Å². The molecule has 0 bridgehead atoms. The van der Waals surface area contributed by atoms with Crippen LogP contribution in [0.1, 0.15) is 11.1 Å². The molecule has 2 aliphatic rings. The molecule has 5 heteroatoms. The zero-order valence-electron chi connectivity index (χ0n) is 10.2. The Morgan fingerprint density at radius 3 is 2.45 bits per heavy atom. The number of carbonyl (C=O) groups is 2. The smallest absolute Gasteiger partial charge is 0.316 e. The van der Waals surface area contributed by atoms with Crippen LogP contribution in [0.3, 0.4) is 0 Å². The number of rotatable bonds is 0. The zero-order chi connectivity index (χ0) is 13.9. The summed E-state index contributed by atoms with van der Waals surface area (Å²) < 4.78 is 14.2. The van der Waals surface area contributed by atoms with Crippen LogP contribution in [0.5, 0.6) is 0 Å². The number of fused-ring (bicyclic) bond motifs is 5. The molecule has 2 aromatic carbocycles. The predicted molar refractivity (Wildman–Crippen MR) is 69.3 cm³/mol. The predicted octanol–water partition coefficient (Wildman–Crippen LogP) is 1.89. The normalized spacial score (nSPS) is 22.4. The molecule has 1 fully saturated rings. The van der Waals surface area contributed by atoms with Crippen molar-refractivity contribution in [3.63, 3.8) is 0 Å². The Morgan fingerprint density at radius 1 is 0.950 bits per heavy atom. The molecule has 1 atom stereocenters. The third kappa shape index (κ3) is 1.10. The number of benzene rings is 2. The molecule has 1 saturated heterocycles. The van der Waals surface area contributed by atoms with Crippen LogP contribution >= 0.6 is 0 Å². The lowest BCUT2D eigenvalue weighted by Crippen LogP contribution is -2.43. The fourth-order valence-corrected chi connectivity index (χ4v) is 3.12. The van der Waals surface area contributed by atoms with E-state index in [1.54, 1.807) is 36.4 Å². The van der Waals surface area contributed by atoms with E-state index in [0.717, 1.165) is 0 Å². The summed E-state index contributed by atoms with van der Waals surface area (Å²) in [6.45, 7) is 0. The monoisotopic (exact) mass is 268 g/mol. The van der Waals surface area contributed by atoms with Gasteiger partial charge in [0.2, 0.25) is 0 Å². The average Bonchev–Trinajstić information content (AvgIpc) is 2.89. The van der Waals surface area contributed by atoms with Gasteiger partial charge >= 0.3 is 6.03 Å². The summed E-state index contributed by atoms with van der Waals surface area (Å²) in [4.78, 5) is 23.9. The number of nitrogens with one attached hydrogen (secondary N) is 2. The number of halogens is 1. The van der Waals surface area contributed by atoms with E-state index in [2.05, 4.69) is 10.6 Å². The van der Waals surface area contributed by atoms with Crippen molar-refractivity contribution < 1.29 is 14.0 Å². The molecule has 98 valence electrons. The summed E-state index contributed by atoms with van der Waals surface area (Å²) in [5, 5.41) is 4.89. The Balaban J connectivity index is 2.15. The van der Waals surface area contributed by atoms with Gasteiger partial charge in [0.25, 0.3) is 5.91 Å². The minimum absolute atomic E-state index is 0.375. The lowest BCUT2D eigenvalue weighted by atomic mass is 9.88. The summed E-state index contributed by atoms with van der Waals surface area (Å²) in [5.41, 5.74) is 0.773. The van der Waals surface area contributed by atoms with Crippen molar-refractivity contribution in [3.8, 4) is 11.1 Å². The number of imide groups is 1. The van der Waals surface area contributed by atoms with Crippen LogP contribution in [0, 0.1) is 5.82 Å². The van der Waals surface area contributed by atoms with E-state index < -0.39 is 23.3 Å². The molecule has 2 aromatic rings. The second-order valence-corrected chi connectivity index (χ2v) is 4.87. The molecule has 1 heterocycles. The molecular formula is C15H9FN2O2. The molecule has 4 rings (SSSR count). The van der Waals surface area contributed by atoms with Crippen LogP contribution in [0.25, 0.3) is 11.1 Å². The molecular weight excluding hydrogens is 259 g/mol. The third-order valence-corrected chi connectivity index (χ3v) is 3.89. The fourth-order valence-electron chi connectivity index (χ4n) is 3.12. The van der Waals surface area contributed by atoms with Crippen molar-refractivity contribution in [3.05, 3.63) is 59.4 Å². The first kappa shape index (κ1) is 11.2. The Morgan fingerprint density at radius 2 is 1.70 bits per heavy atom. The number of hydrogen-bond donors (Lipinski definition) is 2. The van der Waals surface area contributed by atoms with Crippen LogP contribution in [-0.4, -0.2) is 11.9 Å². The van der Waals surface area contributed by atoms with Gasteiger partial charge in [0.05, 0.1) is 0 Å².